The summed E-state index contributed by atoms with van der Waals surface area (Å²) < 4.78 is 4.80. The zero-order valence-corrected chi connectivity index (χ0v) is 16.1. The van der Waals surface area contributed by atoms with E-state index in [2.05, 4.69) is 22.5 Å². The molecule has 144 valence electrons. The minimum absolute atomic E-state index is 0.0318. The molecule has 0 aromatic carbocycles. The van der Waals surface area contributed by atoms with Gasteiger partial charge in [-0.25, -0.2) is 9.59 Å². The highest BCUT2D eigenvalue weighted by molar-refractivity contribution is 6.69. The van der Waals surface area contributed by atoms with Crippen LogP contribution < -0.4 is 16.0 Å². The number of carbonyl (C=O) groups is 3. The second-order valence-corrected chi connectivity index (χ2v) is 10.4. The van der Waals surface area contributed by atoms with Gasteiger partial charge in [-0.15, -0.1) is 0 Å². The Balaban J connectivity index is 4.04. The molecule has 0 aromatic heterocycles. The van der Waals surface area contributed by atoms with Crippen LogP contribution >= 0.6 is 0 Å². The summed E-state index contributed by atoms with van der Waals surface area (Å²) in [5, 5.41) is 16.5. The number of urea groups is 1. The highest BCUT2D eigenvalue weighted by Crippen LogP contribution is 2.06. The Morgan fingerprint density at radius 3 is 2.36 bits per heavy atom. The Hall–Kier alpha value is -1.91. The maximum Gasteiger partial charge on any atom is 0.333 e. The van der Waals surface area contributed by atoms with Crippen molar-refractivity contribution in [1.29, 1.82) is 0 Å². The van der Waals surface area contributed by atoms with Gasteiger partial charge in [0.1, 0.15) is 12.6 Å². The summed E-state index contributed by atoms with van der Waals surface area (Å²) in [5.41, 5.74) is 0.258. The first kappa shape index (κ1) is 23.1. The lowest BCUT2D eigenvalue weighted by molar-refractivity contribution is -0.138. The van der Waals surface area contributed by atoms with Gasteiger partial charge in [0.15, 0.2) is 8.32 Å². The largest absolute Gasteiger partial charge is 0.460 e. The van der Waals surface area contributed by atoms with Crippen molar-refractivity contribution in [1.82, 2.24) is 16.0 Å². The van der Waals surface area contributed by atoms with Gasteiger partial charge in [0.05, 0.1) is 13.2 Å². The van der Waals surface area contributed by atoms with Crippen LogP contribution in [0.4, 0.5) is 4.79 Å². The minimum Gasteiger partial charge on any atom is -0.460 e. The van der Waals surface area contributed by atoms with Crippen LogP contribution in [-0.2, 0) is 14.3 Å². The maximum atomic E-state index is 11.9. The van der Waals surface area contributed by atoms with Gasteiger partial charge in [0.2, 0.25) is 5.91 Å². The van der Waals surface area contributed by atoms with Gasteiger partial charge in [-0.1, -0.05) is 6.58 Å². The first-order chi connectivity index (χ1) is 11.6. The standard InChI is InChI=1S/C15H29N3O6Si/c1-11(2)14(21)24-8-7-17-15(22)18-12(10-19)13(20)16-6-5-9-25(3,4)23/h12,19,23H,1,5-10H2,2-4H3,(H,16,20)(H2,17,18,22). The van der Waals surface area contributed by atoms with Crippen molar-refractivity contribution in [3.8, 4) is 0 Å². The molecule has 3 amide bonds. The van der Waals surface area contributed by atoms with Crippen molar-refractivity contribution in [2.24, 2.45) is 0 Å². The molecule has 1 unspecified atom stereocenters. The van der Waals surface area contributed by atoms with E-state index in [1.165, 1.54) is 6.92 Å². The quantitative estimate of drug-likeness (QED) is 0.142. The highest BCUT2D eigenvalue weighted by atomic mass is 28.4. The number of amides is 3. The van der Waals surface area contributed by atoms with E-state index >= 15 is 0 Å². The average molecular weight is 375 g/mol. The lowest BCUT2D eigenvalue weighted by atomic mass is 10.3. The third-order valence-corrected chi connectivity index (χ3v) is 4.62. The van der Waals surface area contributed by atoms with Crippen LogP contribution in [0.25, 0.3) is 0 Å². The lowest BCUT2D eigenvalue weighted by Gasteiger charge is -2.18. The van der Waals surface area contributed by atoms with Crippen molar-refractivity contribution in [3.05, 3.63) is 12.2 Å². The van der Waals surface area contributed by atoms with Gasteiger partial charge in [0.25, 0.3) is 0 Å². The van der Waals surface area contributed by atoms with Crippen LogP contribution in [0.1, 0.15) is 13.3 Å². The third kappa shape index (κ3) is 12.1. The molecule has 0 bridgehead atoms. The predicted octanol–water partition coefficient (Wildman–Crippen LogP) is -0.530. The summed E-state index contributed by atoms with van der Waals surface area (Å²) in [4.78, 5) is 44.4. The van der Waals surface area contributed by atoms with Crippen molar-refractivity contribution < 1.29 is 29.0 Å². The van der Waals surface area contributed by atoms with Crippen LogP contribution in [-0.4, -0.2) is 68.5 Å². The first-order valence-corrected chi connectivity index (χ1v) is 11.2. The topological polar surface area (TPSA) is 137 Å². The fraction of sp³-hybridized carbons (Fsp3) is 0.667. The maximum absolute atomic E-state index is 11.9. The molecule has 0 rings (SSSR count). The molecule has 0 aliphatic heterocycles. The number of aliphatic hydroxyl groups is 1. The zero-order valence-electron chi connectivity index (χ0n) is 15.1. The van der Waals surface area contributed by atoms with Crippen LogP contribution in [0, 0.1) is 0 Å². The summed E-state index contributed by atoms with van der Waals surface area (Å²) in [6, 6.07) is -1.10. The molecule has 0 radical (unpaired) electrons. The molecule has 0 heterocycles. The fourth-order valence-corrected chi connectivity index (χ4v) is 2.73. The average Bonchev–Trinajstić information content (AvgIpc) is 2.51. The summed E-state index contributed by atoms with van der Waals surface area (Å²) in [7, 11) is -2.15. The molecule has 5 N–H and O–H groups in total. The van der Waals surface area contributed by atoms with Crippen molar-refractivity contribution in [3.63, 3.8) is 0 Å². The third-order valence-electron chi connectivity index (χ3n) is 3.04. The molecule has 9 nitrogen and oxygen atoms in total. The molecule has 10 heteroatoms. The van der Waals surface area contributed by atoms with E-state index in [4.69, 9.17) is 4.74 Å². The molecule has 0 saturated carbocycles. The van der Waals surface area contributed by atoms with Gasteiger partial charge in [-0.05, 0) is 32.5 Å². The van der Waals surface area contributed by atoms with E-state index < -0.39 is 38.9 Å². The van der Waals surface area contributed by atoms with Gasteiger partial charge in [0, 0.05) is 12.1 Å². The van der Waals surface area contributed by atoms with Crippen molar-refractivity contribution in [2.45, 2.75) is 38.5 Å². The van der Waals surface area contributed by atoms with Gasteiger partial charge < -0.3 is 30.6 Å². The molecular formula is C15H29N3O6Si. The van der Waals surface area contributed by atoms with Crippen molar-refractivity contribution >= 4 is 26.2 Å². The number of hydrogen-bond donors (Lipinski definition) is 5. The number of aliphatic hydroxyl groups excluding tert-OH is 1. The molecule has 0 aliphatic carbocycles. The van der Waals surface area contributed by atoms with Crippen LogP contribution in [0.5, 0.6) is 0 Å². The summed E-state index contributed by atoms with van der Waals surface area (Å²) >= 11 is 0. The van der Waals surface area contributed by atoms with Crippen molar-refractivity contribution in [2.75, 3.05) is 26.3 Å². The fourth-order valence-electron chi connectivity index (χ4n) is 1.69. The molecule has 0 aromatic rings. The Morgan fingerprint density at radius 1 is 1.20 bits per heavy atom. The predicted molar refractivity (Wildman–Crippen MR) is 95.3 cm³/mol. The molecule has 0 fully saturated rings. The number of hydrogen-bond acceptors (Lipinski definition) is 6. The zero-order chi connectivity index (χ0) is 19.5. The van der Waals surface area contributed by atoms with E-state index in [1.54, 1.807) is 0 Å². The Labute approximate surface area is 148 Å². The number of carbonyl (C=O) groups excluding carboxylic acids is 3. The van der Waals surface area contributed by atoms with E-state index in [-0.39, 0.29) is 18.7 Å². The summed E-state index contributed by atoms with van der Waals surface area (Å²) in [6.45, 7) is 8.38. The van der Waals surface area contributed by atoms with Crippen LogP contribution in [0.15, 0.2) is 12.2 Å². The van der Waals surface area contributed by atoms with Gasteiger partial charge in [-0.2, -0.15) is 0 Å². The molecule has 1 atom stereocenters. The summed E-state index contributed by atoms with van der Waals surface area (Å²) in [6.07, 6.45) is 0.625. The normalized spacial score (nSPS) is 12.0. The number of esters is 1. The molecule has 0 aliphatic rings. The number of rotatable bonds is 11. The van der Waals surface area contributed by atoms with Crippen LogP contribution in [0.2, 0.25) is 19.1 Å². The van der Waals surface area contributed by atoms with Crippen LogP contribution in [0.3, 0.4) is 0 Å². The van der Waals surface area contributed by atoms with Gasteiger partial charge >= 0.3 is 12.0 Å². The number of nitrogens with one attached hydrogen (secondary N) is 3. The Kier molecular flexibility index (Phi) is 10.7. The summed E-state index contributed by atoms with van der Waals surface area (Å²) in [5.74, 6) is -1.06. The Bertz CT molecular complexity index is 478. The smallest absolute Gasteiger partial charge is 0.333 e. The lowest BCUT2D eigenvalue weighted by Crippen LogP contribution is -2.52. The Morgan fingerprint density at radius 2 is 1.84 bits per heavy atom. The van der Waals surface area contributed by atoms with E-state index in [0.29, 0.717) is 19.0 Å². The molecular weight excluding hydrogens is 346 g/mol. The van der Waals surface area contributed by atoms with E-state index in [0.717, 1.165) is 0 Å². The SMILES string of the molecule is C=C(C)C(=O)OCCNC(=O)NC(CO)C(=O)NCCC[Si](C)(C)O. The minimum atomic E-state index is -2.15. The van der Waals surface area contributed by atoms with Gasteiger partial charge in [-0.3, -0.25) is 4.79 Å². The molecule has 25 heavy (non-hydrogen) atoms. The monoisotopic (exact) mass is 375 g/mol. The second-order valence-electron chi connectivity index (χ2n) is 6.26. The van der Waals surface area contributed by atoms with E-state index in [1.807, 2.05) is 13.1 Å². The van der Waals surface area contributed by atoms with E-state index in [9.17, 15) is 24.3 Å². The molecule has 0 saturated heterocycles. The molecule has 0 spiro atoms. The number of ether oxygens (including phenoxy) is 1. The highest BCUT2D eigenvalue weighted by Gasteiger charge is 2.20. The first-order valence-electron chi connectivity index (χ1n) is 8.04. The second kappa shape index (κ2) is 11.6.